The lowest BCUT2D eigenvalue weighted by atomic mass is 9.82. The van der Waals surface area contributed by atoms with E-state index in [1.165, 1.54) is 0 Å². The minimum Gasteiger partial charge on any atom is -0.481 e. The SMILES string of the molecule is CC(C)(C)C(=O)C(=O)C1NCC[C@@H]1CCCCCCCC(=O)O. The molecule has 5 nitrogen and oxygen atoms in total. The van der Waals surface area contributed by atoms with Gasteiger partial charge in [-0.3, -0.25) is 14.4 Å². The number of hydrogen-bond donors (Lipinski definition) is 2. The molecule has 1 heterocycles. The van der Waals surface area contributed by atoms with Crippen molar-refractivity contribution in [3.05, 3.63) is 0 Å². The zero-order valence-electron chi connectivity index (χ0n) is 14.7. The number of carbonyl (C=O) groups excluding carboxylic acids is 2. The van der Waals surface area contributed by atoms with E-state index in [4.69, 9.17) is 5.11 Å². The summed E-state index contributed by atoms with van der Waals surface area (Å²) in [6.07, 6.45) is 6.97. The van der Waals surface area contributed by atoms with Gasteiger partial charge in [-0.2, -0.15) is 0 Å². The van der Waals surface area contributed by atoms with E-state index in [0.717, 1.165) is 51.5 Å². The molecule has 0 aromatic heterocycles. The molecule has 0 radical (unpaired) electrons. The minimum atomic E-state index is -0.730. The van der Waals surface area contributed by atoms with Gasteiger partial charge in [0.1, 0.15) is 0 Å². The van der Waals surface area contributed by atoms with Crippen LogP contribution in [0.4, 0.5) is 0 Å². The van der Waals surface area contributed by atoms with E-state index in [1.807, 2.05) is 0 Å². The van der Waals surface area contributed by atoms with Crippen molar-refractivity contribution in [1.29, 1.82) is 0 Å². The lowest BCUT2D eigenvalue weighted by molar-refractivity contribution is -0.142. The van der Waals surface area contributed by atoms with Crippen LogP contribution in [0.25, 0.3) is 0 Å². The largest absolute Gasteiger partial charge is 0.481 e. The number of aliphatic carboxylic acids is 1. The molecule has 1 unspecified atom stereocenters. The maximum Gasteiger partial charge on any atom is 0.303 e. The highest BCUT2D eigenvalue weighted by atomic mass is 16.4. The smallest absolute Gasteiger partial charge is 0.303 e. The highest BCUT2D eigenvalue weighted by molar-refractivity contribution is 6.40. The number of nitrogens with one attached hydrogen (secondary N) is 1. The number of carbonyl (C=O) groups is 3. The van der Waals surface area contributed by atoms with Crippen LogP contribution in [0.1, 0.15) is 72.1 Å². The van der Waals surface area contributed by atoms with Gasteiger partial charge in [-0.25, -0.2) is 0 Å². The highest BCUT2D eigenvalue weighted by Gasteiger charge is 2.39. The van der Waals surface area contributed by atoms with Gasteiger partial charge in [0.2, 0.25) is 11.6 Å². The Morgan fingerprint density at radius 2 is 1.65 bits per heavy atom. The molecule has 2 N–H and O–H groups in total. The molecule has 1 aliphatic heterocycles. The number of unbranched alkanes of at least 4 members (excludes halogenated alkanes) is 4. The summed E-state index contributed by atoms with van der Waals surface area (Å²) in [6.45, 7) is 6.16. The monoisotopic (exact) mass is 325 g/mol. The van der Waals surface area contributed by atoms with Crippen molar-refractivity contribution in [3.63, 3.8) is 0 Å². The second-order valence-electron chi connectivity index (χ2n) is 7.62. The van der Waals surface area contributed by atoms with Crippen molar-refractivity contribution in [3.8, 4) is 0 Å². The fourth-order valence-electron chi connectivity index (χ4n) is 3.10. The van der Waals surface area contributed by atoms with Crippen molar-refractivity contribution in [2.75, 3.05) is 6.54 Å². The van der Waals surface area contributed by atoms with E-state index in [9.17, 15) is 14.4 Å². The molecule has 0 aromatic carbocycles. The first-order valence-corrected chi connectivity index (χ1v) is 8.77. The average Bonchev–Trinajstić information content (AvgIpc) is 2.91. The van der Waals surface area contributed by atoms with E-state index in [1.54, 1.807) is 20.8 Å². The summed E-state index contributed by atoms with van der Waals surface area (Å²) in [4.78, 5) is 35.0. The Balaban J connectivity index is 2.29. The second kappa shape index (κ2) is 9.16. The number of hydrogen-bond acceptors (Lipinski definition) is 4. The molecular formula is C18H31NO4. The molecule has 5 heteroatoms. The maximum atomic E-state index is 12.4. The Hall–Kier alpha value is -1.23. The van der Waals surface area contributed by atoms with Crippen LogP contribution < -0.4 is 5.32 Å². The molecule has 0 spiro atoms. The van der Waals surface area contributed by atoms with Gasteiger partial charge in [0, 0.05) is 11.8 Å². The van der Waals surface area contributed by atoms with Crippen molar-refractivity contribution in [2.45, 2.75) is 78.2 Å². The Kier molecular flexibility index (Phi) is 7.89. The van der Waals surface area contributed by atoms with Crippen molar-refractivity contribution in [2.24, 2.45) is 11.3 Å². The zero-order chi connectivity index (χ0) is 17.5. The number of carboxylic acid groups (broad SMARTS) is 1. The fourth-order valence-corrected chi connectivity index (χ4v) is 3.10. The normalized spacial score (nSPS) is 21.3. The lowest BCUT2D eigenvalue weighted by Gasteiger charge is -2.22. The molecule has 132 valence electrons. The molecule has 23 heavy (non-hydrogen) atoms. The van der Waals surface area contributed by atoms with E-state index in [0.29, 0.717) is 0 Å². The predicted octanol–water partition coefficient (Wildman–Crippen LogP) is 2.96. The van der Waals surface area contributed by atoms with Crippen LogP contribution in [-0.2, 0) is 14.4 Å². The number of ketones is 2. The number of Topliss-reactive ketones (excluding diaryl/α,β-unsaturated/α-hetero) is 2. The number of carboxylic acids is 1. The Labute approximate surface area is 139 Å². The van der Waals surface area contributed by atoms with Gasteiger partial charge < -0.3 is 10.4 Å². The third kappa shape index (κ3) is 6.81. The standard InChI is InChI=1S/C18H31NO4/c1-18(2,3)17(23)16(22)15-13(11-12-19-15)9-7-5-4-6-8-10-14(20)21/h13,15,19H,4-12H2,1-3H3,(H,20,21)/t13-,15?/m0/s1. The molecule has 2 atom stereocenters. The third-order valence-corrected chi connectivity index (χ3v) is 4.50. The van der Waals surface area contributed by atoms with Gasteiger partial charge in [-0.15, -0.1) is 0 Å². The Morgan fingerprint density at radius 3 is 2.26 bits per heavy atom. The molecular weight excluding hydrogens is 294 g/mol. The summed E-state index contributed by atoms with van der Waals surface area (Å²) in [7, 11) is 0. The van der Waals surface area contributed by atoms with Gasteiger partial charge in [0.15, 0.2) is 0 Å². The quantitative estimate of drug-likeness (QED) is 0.476. The number of rotatable bonds is 10. The molecule has 0 aliphatic carbocycles. The van der Waals surface area contributed by atoms with Crippen LogP contribution in [0.2, 0.25) is 0 Å². The maximum absolute atomic E-state index is 12.4. The zero-order valence-corrected chi connectivity index (χ0v) is 14.7. The van der Waals surface area contributed by atoms with Crippen LogP contribution in [0.5, 0.6) is 0 Å². The first-order chi connectivity index (χ1) is 10.7. The van der Waals surface area contributed by atoms with E-state index >= 15 is 0 Å². The van der Waals surface area contributed by atoms with Crippen LogP contribution in [0.3, 0.4) is 0 Å². The third-order valence-electron chi connectivity index (χ3n) is 4.50. The fraction of sp³-hybridized carbons (Fsp3) is 0.833. The van der Waals surface area contributed by atoms with Gasteiger partial charge >= 0.3 is 5.97 Å². The summed E-state index contributed by atoms with van der Waals surface area (Å²) >= 11 is 0. The molecule has 0 amide bonds. The van der Waals surface area contributed by atoms with E-state index in [2.05, 4.69) is 5.32 Å². The highest BCUT2D eigenvalue weighted by Crippen LogP contribution is 2.26. The first-order valence-electron chi connectivity index (χ1n) is 8.77. The second-order valence-corrected chi connectivity index (χ2v) is 7.62. The molecule has 0 bridgehead atoms. The predicted molar refractivity (Wildman–Crippen MR) is 89.3 cm³/mol. The van der Waals surface area contributed by atoms with Crippen molar-refractivity contribution < 1.29 is 19.5 Å². The van der Waals surface area contributed by atoms with Gasteiger partial charge in [-0.1, -0.05) is 46.5 Å². The van der Waals surface area contributed by atoms with Crippen LogP contribution >= 0.6 is 0 Å². The van der Waals surface area contributed by atoms with Gasteiger partial charge in [0.25, 0.3) is 0 Å². The summed E-state index contributed by atoms with van der Waals surface area (Å²) < 4.78 is 0. The van der Waals surface area contributed by atoms with Crippen LogP contribution in [0.15, 0.2) is 0 Å². The molecule has 0 saturated carbocycles. The summed E-state index contributed by atoms with van der Waals surface area (Å²) in [5.41, 5.74) is -0.615. The molecule has 0 aromatic rings. The lowest BCUT2D eigenvalue weighted by Crippen LogP contribution is -2.44. The molecule has 1 fully saturated rings. The van der Waals surface area contributed by atoms with E-state index in [-0.39, 0.29) is 29.9 Å². The first kappa shape index (κ1) is 19.8. The molecule has 1 aliphatic rings. The van der Waals surface area contributed by atoms with Crippen molar-refractivity contribution in [1.82, 2.24) is 5.32 Å². The Bertz CT molecular complexity index is 425. The van der Waals surface area contributed by atoms with Crippen LogP contribution in [-0.4, -0.2) is 35.2 Å². The summed E-state index contributed by atoms with van der Waals surface area (Å²) in [5.74, 6) is -1.02. The Morgan fingerprint density at radius 1 is 1.04 bits per heavy atom. The van der Waals surface area contributed by atoms with Gasteiger partial charge in [-0.05, 0) is 31.7 Å². The summed E-state index contributed by atoms with van der Waals surface area (Å²) in [5, 5.41) is 11.8. The topological polar surface area (TPSA) is 83.5 Å². The average molecular weight is 325 g/mol. The summed E-state index contributed by atoms with van der Waals surface area (Å²) in [6, 6.07) is -0.311. The molecule has 1 rings (SSSR count). The van der Waals surface area contributed by atoms with Gasteiger partial charge in [0.05, 0.1) is 6.04 Å². The van der Waals surface area contributed by atoms with E-state index < -0.39 is 11.4 Å². The molecule has 1 saturated heterocycles. The van der Waals surface area contributed by atoms with Crippen LogP contribution in [0, 0.1) is 11.3 Å². The minimum absolute atomic E-state index is 0.248. The van der Waals surface area contributed by atoms with Crippen molar-refractivity contribution >= 4 is 17.5 Å².